The summed E-state index contributed by atoms with van der Waals surface area (Å²) in [7, 11) is 3.30. The van der Waals surface area contributed by atoms with E-state index in [9.17, 15) is 0 Å². The fourth-order valence-corrected chi connectivity index (χ4v) is 1.85. The van der Waals surface area contributed by atoms with Crippen LogP contribution in [0.4, 0.5) is 5.82 Å². The number of methoxy groups -OCH3 is 2. The van der Waals surface area contributed by atoms with Gasteiger partial charge >= 0.3 is 0 Å². The highest BCUT2D eigenvalue weighted by Gasteiger charge is 2.27. The number of ether oxygens (including phenoxy) is 2. The third-order valence-electron chi connectivity index (χ3n) is 2.51. The smallest absolute Gasteiger partial charge is 0.179 e. The molecule has 0 amide bonds. The van der Waals surface area contributed by atoms with Crippen LogP contribution in [-0.4, -0.2) is 36.8 Å². The third-order valence-corrected chi connectivity index (χ3v) is 2.51. The lowest BCUT2D eigenvalue weighted by Gasteiger charge is -2.30. The van der Waals surface area contributed by atoms with E-state index < -0.39 is 0 Å². The first kappa shape index (κ1) is 9.48. The molecule has 1 unspecified atom stereocenters. The second kappa shape index (κ2) is 3.98. The molecule has 0 aromatic carbocycles. The molecule has 1 aromatic rings. The van der Waals surface area contributed by atoms with E-state index in [0.29, 0.717) is 0 Å². The first-order chi connectivity index (χ1) is 6.86. The number of aromatic nitrogens is 2. The van der Waals surface area contributed by atoms with Crippen molar-refractivity contribution in [2.24, 2.45) is 0 Å². The van der Waals surface area contributed by atoms with Crippen LogP contribution in [0, 0.1) is 0 Å². The van der Waals surface area contributed by atoms with Crippen LogP contribution in [0.15, 0.2) is 12.3 Å². The molecule has 0 saturated carbocycles. The molecular weight excluding hydrogens is 182 g/mol. The molecule has 0 spiro atoms. The molecule has 78 valence electrons. The summed E-state index contributed by atoms with van der Waals surface area (Å²) in [6, 6.07) is 2.12. The van der Waals surface area contributed by atoms with Gasteiger partial charge in [0.15, 0.2) is 6.29 Å². The first-order valence-corrected chi connectivity index (χ1v) is 4.70. The minimum atomic E-state index is -0.226. The first-order valence-electron chi connectivity index (χ1n) is 4.70. The highest BCUT2D eigenvalue weighted by Crippen LogP contribution is 2.26. The summed E-state index contributed by atoms with van der Waals surface area (Å²) < 4.78 is 12.4. The monoisotopic (exact) mass is 197 g/mol. The Morgan fingerprint density at radius 1 is 1.57 bits per heavy atom. The van der Waals surface area contributed by atoms with Crippen LogP contribution in [0.5, 0.6) is 0 Å². The predicted molar refractivity (Wildman–Crippen MR) is 52.2 cm³/mol. The molecular formula is C9H15N3O2. The van der Waals surface area contributed by atoms with Crippen molar-refractivity contribution in [2.45, 2.75) is 18.8 Å². The minimum Gasteiger partial charge on any atom is -0.370 e. The van der Waals surface area contributed by atoms with E-state index in [1.165, 1.54) is 0 Å². The number of hydrogen-bond acceptors (Lipinski definition) is 4. The summed E-state index contributed by atoms with van der Waals surface area (Å²) in [6.45, 7) is 0.930. The van der Waals surface area contributed by atoms with Gasteiger partial charge in [0, 0.05) is 26.8 Å². The van der Waals surface area contributed by atoms with Crippen molar-refractivity contribution in [3.05, 3.63) is 12.3 Å². The van der Waals surface area contributed by atoms with Crippen molar-refractivity contribution in [1.82, 2.24) is 9.78 Å². The average molecular weight is 197 g/mol. The van der Waals surface area contributed by atoms with Gasteiger partial charge in [0.2, 0.25) is 0 Å². The van der Waals surface area contributed by atoms with Gasteiger partial charge in [-0.2, -0.15) is 5.10 Å². The zero-order chi connectivity index (χ0) is 9.97. The second-order valence-electron chi connectivity index (χ2n) is 3.28. The van der Waals surface area contributed by atoms with Crippen LogP contribution >= 0.6 is 0 Å². The normalized spacial score (nSPS) is 20.6. The van der Waals surface area contributed by atoms with Crippen molar-refractivity contribution < 1.29 is 9.47 Å². The van der Waals surface area contributed by atoms with Crippen LogP contribution < -0.4 is 5.32 Å². The lowest BCUT2D eigenvalue weighted by Crippen LogP contribution is -2.34. The zero-order valence-electron chi connectivity index (χ0n) is 8.43. The van der Waals surface area contributed by atoms with E-state index in [2.05, 4.69) is 10.4 Å². The van der Waals surface area contributed by atoms with Crippen LogP contribution in [-0.2, 0) is 9.47 Å². The Bertz CT molecular complexity index is 296. The number of anilines is 1. The summed E-state index contributed by atoms with van der Waals surface area (Å²) in [4.78, 5) is 0. The number of nitrogens with one attached hydrogen (secondary N) is 1. The standard InChI is InChI=1S/C9H15N3O2/c1-13-9(14-2)7-3-5-10-8-4-6-11-12(7)8/h4,6-7,9-10H,3,5H2,1-2H3. The molecule has 0 fully saturated rings. The summed E-state index contributed by atoms with van der Waals surface area (Å²) in [5.41, 5.74) is 0. The van der Waals surface area contributed by atoms with Gasteiger partial charge in [-0.15, -0.1) is 0 Å². The van der Waals surface area contributed by atoms with E-state index in [1.807, 2.05) is 10.7 Å². The van der Waals surface area contributed by atoms with Gasteiger partial charge in [-0.3, -0.25) is 0 Å². The summed E-state index contributed by atoms with van der Waals surface area (Å²) in [5, 5.41) is 7.51. The summed E-state index contributed by atoms with van der Waals surface area (Å²) in [5.74, 6) is 1.03. The zero-order valence-corrected chi connectivity index (χ0v) is 8.43. The maximum atomic E-state index is 5.25. The number of fused-ring (bicyclic) bond motifs is 1. The molecule has 0 saturated heterocycles. The minimum absolute atomic E-state index is 0.163. The van der Waals surface area contributed by atoms with Crippen LogP contribution in [0.25, 0.3) is 0 Å². The van der Waals surface area contributed by atoms with Gasteiger partial charge < -0.3 is 14.8 Å². The number of nitrogens with zero attached hydrogens (tertiary/aromatic N) is 2. The van der Waals surface area contributed by atoms with E-state index in [1.54, 1.807) is 20.4 Å². The van der Waals surface area contributed by atoms with Gasteiger partial charge in [-0.05, 0) is 6.42 Å². The third kappa shape index (κ3) is 1.49. The van der Waals surface area contributed by atoms with Crippen LogP contribution in [0.2, 0.25) is 0 Å². The molecule has 14 heavy (non-hydrogen) atoms. The Kier molecular flexibility index (Phi) is 2.69. The Labute approximate surface area is 83.0 Å². The predicted octanol–water partition coefficient (Wildman–Crippen LogP) is 0.859. The molecule has 0 bridgehead atoms. The Hall–Kier alpha value is -1.07. The van der Waals surface area contributed by atoms with Gasteiger partial charge in [-0.1, -0.05) is 0 Å². The average Bonchev–Trinajstić information content (AvgIpc) is 2.68. The fraction of sp³-hybridized carbons (Fsp3) is 0.667. The van der Waals surface area contributed by atoms with Crippen LogP contribution in [0.1, 0.15) is 12.5 Å². The maximum Gasteiger partial charge on any atom is 0.179 e. The molecule has 1 atom stereocenters. The highest BCUT2D eigenvalue weighted by molar-refractivity contribution is 5.36. The van der Waals surface area contributed by atoms with Crippen molar-refractivity contribution in [2.75, 3.05) is 26.1 Å². The van der Waals surface area contributed by atoms with E-state index in [0.717, 1.165) is 18.8 Å². The lowest BCUT2D eigenvalue weighted by molar-refractivity contribution is -0.135. The molecule has 0 radical (unpaired) electrons. The molecule has 1 aliphatic heterocycles. The van der Waals surface area contributed by atoms with Crippen molar-refractivity contribution in [3.8, 4) is 0 Å². The van der Waals surface area contributed by atoms with E-state index in [4.69, 9.17) is 9.47 Å². The van der Waals surface area contributed by atoms with E-state index in [-0.39, 0.29) is 12.3 Å². The molecule has 0 aliphatic carbocycles. The van der Waals surface area contributed by atoms with Gasteiger partial charge in [0.05, 0.1) is 6.20 Å². The highest BCUT2D eigenvalue weighted by atomic mass is 16.7. The molecule has 1 N–H and O–H groups in total. The second-order valence-corrected chi connectivity index (χ2v) is 3.28. The molecule has 2 heterocycles. The Morgan fingerprint density at radius 3 is 3.07 bits per heavy atom. The number of hydrogen-bond donors (Lipinski definition) is 1. The SMILES string of the molecule is COC(OC)C1CCNc2ccnn21. The molecule has 5 nitrogen and oxygen atoms in total. The Balaban J connectivity index is 2.22. The largest absolute Gasteiger partial charge is 0.370 e. The molecule has 1 aromatic heterocycles. The van der Waals surface area contributed by atoms with Gasteiger partial charge in [-0.25, -0.2) is 4.68 Å². The molecule has 2 rings (SSSR count). The summed E-state index contributed by atoms with van der Waals surface area (Å²) >= 11 is 0. The van der Waals surface area contributed by atoms with Crippen molar-refractivity contribution >= 4 is 5.82 Å². The maximum absolute atomic E-state index is 5.25. The lowest BCUT2D eigenvalue weighted by atomic mass is 10.1. The molecule has 5 heteroatoms. The quantitative estimate of drug-likeness (QED) is 0.730. The van der Waals surface area contributed by atoms with Crippen LogP contribution in [0.3, 0.4) is 0 Å². The Morgan fingerprint density at radius 2 is 2.36 bits per heavy atom. The topological polar surface area (TPSA) is 48.3 Å². The summed E-state index contributed by atoms with van der Waals surface area (Å²) in [6.07, 6.45) is 2.51. The molecule has 1 aliphatic rings. The number of rotatable bonds is 3. The van der Waals surface area contributed by atoms with Crippen molar-refractivity contribution in [1.29, 1.82) is 0 Å². The van der Waals surface area contributed by atoms with E-state index >= 15 is 0 Å². The van der Waals surface area contributed by atoms with Gasteiger partial charge in [0.25, 0.3) is 0 Å². The van der Waals surface area contributed by atoms with Gasteiger partial charge in [0.1, 0.15) is 11.9 Å². The fourth-order valence-electron chi connectivity index (χ4n) is 1.85. The van der Waals surface area contributed by atoms with Crippen molar-refractivity contribution in [3.63, 3.8) is 0 Å².